The van der Waals surface area contributed by atoms with Gasteiger partial charge in [0.2, 0.25) is 6.29 Å². The summed E-state index contributed by atoms with van der Waals surface area (Å²) in [4.78, 5) is 13.6. The second-order valence-corrected chi connectivity index (χ2v) is 2.22. The monoisotopic (exact) mass is 126 g/mol. The molecule has 0 aromatic heterocycles. The second-order valence-electron chi connectivity index (χ2n) is 1.23. The summed E-state index contributed by atoms with van der Waals surface area (Å²) in [6.07, 6.45) is 5.16. The largest absolute Gasteiger partial charge is 0.287 e. The van der Waals surface area contributed by atoms with Gasteiger partial charge in [-0.15, -0.1) is 0 Å². The second kappa shape index (κ2) is 2.67. The molecule has 1 unspecified atom stereocenters. The van der Waals surface area contributed by atoms with Crippen molar-refractivity contribution in [1.82, 2.24) is 0 Å². The summed E-state index contributed by atoms with van der Waals surface area (Å²) in [6, 6.07) is 0. The van der Waals surface area contributed by atoms with E-state index in [-0.39, 0.29) is 5.37 Å². The summed E-state index contributed by atoms with van der Waals surface area (Å²) in [6.45, 7) is 0. The van der Waals surface area contributed by atoms with Crippen molar-refractivity contribution in [3.8, 4) is 0 Å². The van der Waals surface area contributed by atoms with Gasteiger partial charge in [0, 0.05) is 6.21 Å². The van der Waals surface area contributed by atoms with Gasteiger partial charge in [0.1, 0.15) is 0 Å². The number of thioether (sulfide) groups is 1. The van der Waals surface area contributed by atoms with Crippen molar-refractivity contribution in [3.63, 3.8) is 0 Å². The lowest BCUT2D eigenvalue weighted by molar-refractivity contribution is 0.554. The van der Waals surface area contributed by atoms with Gasteiger partial charge in [0.05, 0.1) is 0 Å². The Balaban J connectivity index is 2.51. The van der Waals surface area contributed by atoms with Crippen LogP contribution in [0.3, 0.4) is 0 Å². The van der Waals surface area contributed by atoms with E-state index in [0.717, 1.165) is 0 Å². The van der Waals surface area contributed by atoms with Gasteiger partial charge in [0.25, 0.3) is 0 Å². The molecule has 41 valence electrons. The lowest BCUT2D eigenvalue weighted by Crippen LogP contribution is -1.99. The normalized spacial score (nSPS) is 25.8. The first-order valence-electron chi connectivity index (χ1n) is 2.15. The lowest BCUT2D eigenvalue weighted by Gasteiger charge is -1.99. The zero-order valence-electron chi connectivity index (χ0n) is 4.07. The van der Waals surface area contributed by atoms with Crippen LogP contribution in [0.2, 0.25) is 0 Å². The molecule has 0 aromatic carbocycles. The van der Waals surface area contributed by atoms with Crippen LogP contribution in [0.25, 0.3) is 0 Å². The first kappa shape index (κ1) is 5.56. The molecular formula is C5H4NOS. The molecule has 1 atom stereocenters. The van der Waals surface area contributed by atoms with Gasteiger partial charge in [-0.05, 0) is 11.5 Å². The topological polar surface area (TPSA) is 29.4 Å². The molecule has 1 radical (unpaired) electrons. The molecule has 0 saturated heterocycles. The van der Waals surface area contributed by atoms with Gasteiger partial charge >= 0.3 is 0 Å². The van der Waals surface area contributed by atoms with Gasteiger partial charge in [-0.1, -0.05) is 11.8 Å². The average Bonchev–Trinajstić information content (AvgIpc) is 1.90. The van der Waals surface area contributed by atoms with Gasteiger partial charge in [-0.25, -0.2) is 0 Å². The predicted octanol–water partition coefficient (Wildman–Crippen LogP) is 0.753. The van der Waals surface area contributed by atoms with Crippen LogP contribution >= 0.6 is 11.8 Å². The van der Waals surface area contributed by atoms with Crippen LogP contribution < -0.4 is 0 Å². The summed E-state index contributed by atoms with van der Waals surface area (Å²) in [5.74, 6) is 0. The Morgan fingerprint density at radius 3 is 3.00 bits per heavy atom. The maximum absolute atomic E-state index is 9.87. The highest BCUT2D eigenvalue weighted by Gasteiger charge is 2.03. The molecule has 0 saturated carbocycles. The molecule has 0 aromatic rings. The number of carbonyl (C=O) groups excluding carboxylic acids is 1. The molecule has 0 spiro atoms. The number of allylic oxidation sites excluding steroid dienone is 1. The third kappa shape index (κ3) is 1.20. The number of hydrogen-bond acceptors (Lipinski definition) is 3. The van der Waals surface area contributed by atoms with E-state index in [1.54, 1.807) is 18.6 Å². The molecule has 0 fully saturated rings. The molecule has 1 aliphatic rings. The van der Waals surface area contributed by atoms with E-state index < -0.39 is 0 Å². The Labute approximate surface area is 51.7 Å². The average molecular weight is 126 g/mol. The Kier molecular flexibility index (Phi) is 1.86. The standard InChI is InChI=1S/C5H4NOS/c7-4-5-6-2-1-3-8-5/h1-3,5H. The minimum Gasteiger partial charge on any atom is -0.287 e. The molecule has 0 N–H and O–H groups in total. The highest BCUT2D eigenvalue weighted by Crippen LogP contribution is 2.13. The fourth-order valence-corrected chi connectivity index (χ4v) is 0.882. The molecule has 0 bridgehead atoms. The Morgan fingerprint density at radius 1 is 1.75 bits per heavy atom. The van der Waals surface area contributed by atoms with E-state index in [9.17, 15) is 4.79 Å². The minimum absolute atomic E-state index is 0.319. The van der Waals surface area contributed by atoms with E-state index in [4.69, 9.17) is 0 Å². The quantitative estimate of drug-likeness (QED) is 0.519. The van der Waals surface area contributed by atoms with E-state index in [0.29, 0.717) is 0 Å². The molecule has 3 heteroatoms. The first-order valence-corrected chi connectivity index (χ1v) is 3.09. The van der Waals surface area contributed by atoms with Crippen molar-refractivity contribution in [2.45, 2.75) is 5.37 Å². The molecular weight excluding hydrogens is 122 g/mol. The number of rotatable bonds is 1. The van der Waals surface area contributed by atoms with Crippen LogP contribution in [0.5, 0.6) is 0 Å². The van der Waals surface area contributed by atoms with E-state index in [2.05, 4.69) is 4.99 Å². The molecule has 0 amide bonds. The van der Waals surface area contributed by atoms with Crippen molar-refractivity contribution >= 4 is 24.3 Å². The highest BCUT2D eigenvalue weighted by atomic mass is 32.2. The third-order valence-corrected chi connectivity index (χ3v) is 1.48. The maximum atomic E-state index is 9.87. The predicted molar refractivity (Wildman–Crippen MR) is 34.7 cm³/mol. The van der Waals surface area contributed by atoms with Crippen molar-refractivity contribution in [2.75, 3.05) is 0 Å². The van der Waals surface area contributed by atoms with Crippen LogP contribution in [-0.4, -0.2) is 17.9 Å². The fraction of sp³-hybridized carbons (Fsp3) is 0.200. The van der Waals surface area contributed by atoms with Crippen molar-refractivity contribution in [1.29, 1.82) is 0 Å². The molecule has 0 aliphatic carbocycles. The fourth-order valence-electron chi connectivity index (χ4n) is 0.376. The van der Waals surface area contributed by atoms with E-state index >= 15 is 0 Å². The van der Waals surface area contributed by atoms with Crippen LogP contribution in [-0.2, 0) is 4.79 Å². The van der Waals surface area contributed by atoms with Crippen LogP contribution in [0.15, 0.2) is 16.5 Å². The smallest absolute Gasteiger partial charge is 0.236 e. The number of aliphatic imine (C=N–C) groups is 1. The number of nitrogens with zero attached hydrogens (tertiary/aromatic N) is 1. The molecule has 1 rings (SSSR count). The van der Waals surface area contributed by atoms with Gasteiger partial charge in [-0.2, -0.15) is 0 Å². The van der Waals surface area contributed by atoms with Crippen LogP contribution in [0.1, 0.15) is 0 Å². The lowest BCUT2D eigenvalue weighted by atomic mass is 10.6. The molecule has 2 nitrogen and oxygen atoms in total. The minimum atomic E-state index is -0.319. The zero-order chi connectivity index (χ0) is 5.82. The first-order chi connectivity index (χ1) is 3.93. The van der Waals surface area contributed by atoms with Crippen LogP contribution in [0.4, 0.5) is 0 Å². The number of hydrogen-bond donors (Lipinski definition) is 0. The SMILES string of the molecule is O=[C]C1N=CC=CS1. The maximum Gasteiger partial charge on any atom is 0.236 e. The van der Waals surface area contributed by atoms with Gasteiger partial charge < -0.3 is 0 Å². The Bertz CT molecular complexity index is 141. The van der Waals surface area contributed by atoms with Crippen molar-refractivity contribution in [2.24, 2.45) is 4.99 Å². The van der Waals surface area contributed by atoms with Crippen LogP contribution in [0, 0.1) is 0 Å². The molecule has 1 aliphatic heterocycles. The molecule has 8 heavy (non-hydrogen) atoms. The molecule has 1 heterocycles. The van der Waals surface area contributed by atoms with Crippen molar-refractivity contribution < 1.29 is 4.79 Å². The van der Waals surface area contributed by atoms with E-state index in [1.807, 2.05) is 5.41 Å². The third-order valence-electron chi connectivity index (χ3n) is 0.694. The van der Waals surface area contributed by atoms with Crippen molar-refractivity contribution in [3.05, 3.63) is 11.5 Å². The summed E-state index contributed by atoms with van der Waals surface area (Å²) >= 11 is 1.36. The van der Waals surface area contributed by atoms with Gasteiger partial charge in [-0.3, -0.25) is 9.79 Å². The summed E-state index contributed by atoms with van der Waals surface area (Å²) in [5, 5.41) is 1.50. The summed E-state index contributed by atoms with van der Waals surface area (Å²) in [7, 11) is 0. The highest BCUT2D eigenvalue weighted by molar-refractivity contribution is 8.03. The summed E-state index contributed by atoms with van der Waals surface area (Å²) < 4.78 is 0. The Hall–Kier alpha value is -0.570. The zero-order valence-corrected chi connectivity index (χ0v) is 4.89. The van der Waals surface area contributed by atoms with E-state index in [1.165, 1.54) is 11.8 Å². The Morgan fingerprint density at radius 2 is 2.62 bits per heavy atom. The van der Waals surface area contributed by atoms with Gasteiger partial charge in [0.15, 0.2) is 5.37 Å². The summed E-state index contributed by atoms with van der Waals surface area (Å²) in [5.41, 5.74) is 0.